The zero-order chi connectivity index (χ0) is 22.2. The van der Waals surface area contributed by atoms with Crippen molar-refractivity contribution in [3.63, 3.8) is 0 Å². The fourth-order valence-corrected chi connectivity index (χ4v) is 4.56. The van der Waals surface area contributed by atoms with Crippen LogP contribution < -0.4 is 5.32 Å². The van der Waals surface area contributed by atoms with Crippen molar-refractivity contribution in [1.82, 2.24) is 15.1 Å². The highest BCUT2D eigenvalue weighted by atomic mass is 19.1. The predicted molar refractivity (Wildman–Crippen MR) is 113 cm³/mol. The number of nitrogens with one attached hydrogen (secondary N) is 1. The Morgan fingerprint density at radius 1 is 1.10 bits per heavy atom. The summed E-state index contributed by atoms with van der Waals surface area (Å²) >= 11 is 0. The van der Waals surface area contributed by atoms with Gasteiger partial charge in [0.05, 0.1) is 17.3 Å². The molecule has 2 heterocycles. The molecule has 1 N–H and O–H groups in total. The standard InChI is InChI=1S/C24H27F2N3O2/c1-16(2)21-23(31)29(15-17-7-9-18(25)10-8-17)24(27-21)11-13-28(14-12-24)22(30)19-5-3-4-6-20(19)26/h3-10,16,21,27H,11-15H2,1-2H3/t21-/m0/s1. The van der Waals surface area contributed by atoms with Gasteiger partial charge in [0.15, 0.2) is 0 Å². The lowest BCUT2D eigenvalue weighted by Crippen LogP contribution is -2.59. The van der Waals surface area contributed by atoms with Crippen LogP contribution in [0.15, 0.2) is 48.5 Å². The highest BCUT2D eigenvalue weighted by molar-refractivity contribution is 5.94. The topological polar surface area (TPSA) is 52.7 Å². The van der Waals surface area contributed by atoms with Gasteiger partial charge in [0.2, 0.25) is 5.91 Å². The van der Waals surface area contributed by atoms with Crippen LogP contribution in [0, 0.1) is 17.6 Å². The molecule has 0 unspecified atom stereocenters. The van der Waals surface area contributed by atoms with E-state index < -0.39 is 11.5 Å². The number of likely N-dealkylation sites (tertiary alicyclic amines) is 1. The first kappa shape index (κ1) is 21.4. The Labute approximate surface area is 181 Å². The minimum Gasteiger partial charge on any atom is -0.338 e. The van der Waals surface area contributed by atoms with Crippen molar-refractivity contribution in [3.8, 4) is 0 Å². The lowest BCUT2D eigenvalue weighted by molar-refractivity contribution is -0.134. The van der Waals surface area contributed by atoms with Crippen LogP contribution in [0.4, 0.5) is 8.78 Å². The molecule has 5 nitrogen and oxygen atoms in total. The van der Waals surface area contributed by atoms with Gasteiger partial charge >= 0.3 is 0 Å². The summed E-state index contributed by atoms with van der Waals surface area (Å²) in [7, 11) is 0. The number of carbonyl (C=O) groups excluding carboxylic acids is 2. The van der Waals surface area contributed by atoms with Crippen LogP contribution in [0.3, 0.4) is 0 Å². The summed E-state index contributed by atoms with van der Waals surface area (Å²) in [5, 5.41) is 3.54. The molecule has 0 aliphatic carbocycles. The molecule has 31 heavy (non-hydrogen) atoms. The molecule has 0 bridgehead atoms. The highest BCUT2D eigenvalue weighted by Crippen LogP contribution is 2.36. The third kappa shape index (κ3) is 4.06. The normalized spacial score (nSPS) is 20.7. The molecule has 0 saturated carbocycles. The molecular weight excluding hydrogens is 400 g/mol. The molecular formula is C24H27F2N3O2. The monoisotopic (exact) mass is 427 g/mol. The molecule has 2 aromatic carbocycles. The highest BCUT2D eigenvalue weighted by Gasteiger charge is 2.52. The van der Waals surface area contributed by atoms with Gasteiger partial charge in [-0.15, -0.1) is 0 Å². The van der Waals surface area contributed by atoms with Crippen molar-refractivity contribution >= 4 is 11.8 Å². The van der Waals surface area contributed by atoms with E-state index in [1.807, 2.05) is 18.7 Å². The Morgan fingerprint density at radius 2 is 1.74 bits per heavy atom. The maximum atomic E-state index is 14.1. The van der Waals surface area contributed by atoms with Gasteiger partial charge in [0.25, 0.3) is 5.91 Å². The molecule has 0 radical (unpaired) electrons. The van der Waals surface area contributed by atoms with Crippen LogP contribution in [-0.4, -0.2) is 46.4 Å². The summed E-state index contributed by atoms with van der Waals surface area (Å²) < 4.78 is 27.4. The predicted octanol–water partition coefficient (Wildman–Crippen LogP) is 3.55. The molecule has 4 rings (SSSR count). The van der Waals surface area contributed by atoms with Gasteiger partial charge in [0.1, 0.15) is 11.6 Å². The lowest BCUT2D eigenvalue weighted by atomic mass is 9.94. The van der Waals surface area contributed by atoms with Gasteiger partial charge in [-0.3, -0.25) is 14.9 Å². The van der Waals surface area contributed by atoms with Crippen molar-refractivity contribution in [2.24, 2.45) is 5.92 Å². The zero-order valence-corrected chi connectivity index (χ0v) is 17.8. The van der Waals surface area contributed by atoms with Crippen molar-refractivity contribution in [2.45, 2.75) is 44.9 Å². The SMILES string of the molecule is CC(C)[C@@H]1NC2(CCN(C(=O)c3ccccc3F)CC2)N(Cc2ccc(F)cc2)C1=O. The summed E-state index contributed by atoms with van der Waals surface area (Å²) in [6, 6.07) is 11.8. The number of halogens is 2. The summed E-state index contributed by atoms with van der Waals surface area (Å²) in [5.41, 5.74) is 0.342. The summed E-state index contributed by atoms with van der Waals surface area (Å²) in [5.74, 6) is -1.04. The Hall–Kier alpha value is -2.80. The number of piperidine rings is 1. The van der Waals surface area contributed by atoms with E-state index in [1.165, 1.54) is 24.3 Å². The molecule has 1 spiro atoms. The Balaban J connectivity index is 1.54. The third-order valence-electron chi connectivity index (χ3n) is 6.38. The van der Waals surface area contributed by atoms with Gasteiger partial charge in [0, 0.05) is 32.5 Å². The number of hydrogen-bond acceptors (Lipinski definition) is 3. The van der Waals surface area contributed by atoms with Gasteiger partial charge in [-0.1, -0.05) is 38.1 Å². The first-order valence-electron chi connectivity index (χ1n) is 10.7. The van der Waals surface area contributed by atoms with Crippen LogP contribution >= 0.6 is 0 Å². The van der Waals surface area contributed by atoms with E-state index in [9.17, 15) is 18.4 Å². The largest absolute Gasteiger partial charge is 0.338 e. The average molecular weight is 427 g/mol. The van der Waals surface area contributed by atoms with Gasteiger partial charge in [-0.25, -0.2) is 8.78 Å². The van der Waals surface area contributed by atoms with E-state index in [0.29, 0.717) is 32.5 Å². The summed E-state index contributed by atoms with van der Waals surface area (Å²) in [6.45, 7) is 5.20. The Morgan fingerprint density at radius 3 is 2.35 bits per heavy atom. The van der Waals surface area contributed by atoms with Gasteiger partial charge in [-0.05, 0) is 35.7 Å². The van der Waals surface area contributed by atoms with E-state index in [0.717, 1.165) is 5.56 Å². The molecule has 2 amide bonds. The molecule has 2 aliphatic rings. The van der Waals surface area contributed by atoms with Crippen LogP contribution in [-0.2, 0) is 11.3 Å². The molecule has 2 aliphatic heterocycles. The number of nitrogens with zero attached hydrogens (tertiary/aromatic N) is 2. The minimum atomic E-state index is -0.577. The van der Waals surface area contributed by atoms with E-state index in [-0.39, 0.29) is 35.2 Å². The van der Waals surface area contributed by atoms with Gasteiger partial charge in [-0.2, -0.15) is 0 Å². The molecule has 7 heteroatoms. The molecule has 1 atom stereocenters. The Kier molecular flexibility index (Phi) is 5.79. The maximum Gasteiger partial charge on any atom is 0.256 e. The minimum absolute atomic E-state index is 0.0215. The first-order chi connectivity index (χ1) is 14.8. The zero-order valence-electron chi connectivity index (χ0n) is 17.8. The third-order valence-corrected chi connectivity index (χ3v) is 6.38. The second-order valence-electron chi connectivity index (χ2n) is 8.72. The van der Waals surface area contributed by atoms with Crippen molar-refractivity contribution in [2.75, 3.05) is 13.1 Å². The van der Waals surface area contributed by atoms with Crippen molar-refractivity contribution in [1.29, 1.82) is 0 Å². The summed E-state index contributed by atoms with van der Waals surface area (Å²) in [4.78, 5) is 29.5. The second-order valence-corrected chi connectivity index (χ2v) is 8.72. The van der Waals surface area contributed by atoms with E-state index >= 15 is 0 Å². The average Bonchev–Trinajstić information content (AvgIpc) is 3.02. The molecule has 2 aromatic rings. The maximum absolute atomic E-state index is 14.1. The lowest BCUT2D eigenvalue weighted by Gasteiger charge is -2.44. The number of benzene rings is 2. The van der Waals surface area contributed by atoms with E-state index in [4.69, 9.17) is 0 Å². The first-order valence-corrected chi connectivity index (χ1v) is 10.7. The number of carbonyl (C=O) groups is 2. The molecule has 164 valence electrons. The van der Waals surface area contributed by atoms with Crippen LogP contribution in [0.2, 0.25) is 0 Å². The van der Waals surface area contributed by atoms with Crippen molar-refractivity contribution < 1.29 is 18.4 Å². The Bertz CT molecular complexity index is 969. The smallest absolute Gasteiger partial charge is 0.256 e. The van der Waals surface area contributed by atoms with E-state index in [2.05, 4.69) is 5.32 Å². The van der Waals surface area contributed by atoms with Crippen molar-refractivity contribution in [3.05, 3.63) is 71.3 Å². The second kappa shape index (κ2) is 8.38. The fraction of sp³-hybridized carbons (Fsp3) is 0.417. The number of hydrogen-bond donors (Lipinski definition) is 1. The number of rotatable bonds is 4. The fourth-order valence-electron chi connectivity index (χ4n) is 4.56. The molecule has 0 aromatic heterocycles. The van der Waals surface area contributed by atoms with Gasteiger partial charge < -0.3 is 9.80 Å². The quantitative estimate of drug-likeness (QED) is 0.812. The number of amides is 2. The molecule has 2 saturated heterocycles. The molecule has 2 fully saturated rings. The van der Waals surface area contributed by atoms with E-state index in [1.54, 1.807) is 29.2 Å². The van der Waals surface area contributed by atoms with Crippen LogP contribution in [0.1, 0.15) is 42.6 Å². The summed E-state index contributed by atoms with van der Waals surface area (Å²) in [6.07, 6.45) is 1.09. The van der Waals surface area contributed by atoms with Crippen LogP contribution in [0.5, 0.6) is 0 Å². The van der Waals surface area contributed by atoms with Crippen LogP contribution in [0.25, 0.3) is 0 Å².